The minimum atomic E-state index is -0.588. The number of aromatic nitrogens is 2. The first kappa shape index (κ1) is 18.5. The summed E-state index contributed by atoms with van der Waals surface area (Å²) in [5.74, 6) is -0.0555. The molecule has 2 aromatic heterocycles. The first-order chi connectivity index (χ1) is 14.1. The van der Waals surface area contributed by atoms with Crippen molar-refractivity contribution in [1.29, 1.82) is 0 Å². The smallest absolute Gasteiger partial charge is 0.342 e. The monoisotopic (exact) mass is 389 g/mol. The van der Waals surface area contributed by atoms with E-state index in [1.54, 1.807) is 49.5 Å². The van der Waals surface area contributed by atoms with Gasteiger partial charge in [-0.25, -0.2) is 4.79 Å². The first-order valence-electron chi connectivity index (χ1n) is 9.10. The van der Waals surface area contributed by atoms with Crippen molar-refractivity contribution in [3.63, 3.8) is 0 Å². The fourth-order valence-corrected chi connectivity index (χ4v) is 3.46. The zero-order chi connectivity index (χ0) is 20.5. The third-order valence-corrected chi connectivity index (χ3v) is 4.74. The van der Waals surface area contributed by atoms with Crippen molar-refractivity contribution in [2.24, 2.45) is 0 Å². The van der Waals surface area contributed by atoms with Crippen LogP contribution in [-0.2, 0) is 4.74 Å². The summed E-state index contributed by atoms with van der Waals surface area (Å²) in [6.07, 6.45) is 1.63. The van der Waals surface area contributed by atoms with Gasteiger partial charge in [0, 0.05) is 28.4 Å². The van der Waals surface area contributed by atoms with Gasteiger partial charge in [-0.1, -0.05) is 24.3 Å². The van der Waals surface area contributed by atoms with Gasteiger partial charge in [0.25, 0.3) is 5.56 Å². The number of pyridine rings is 2. The Hall–Kier alpha value is -3.87. The zero-order valence-corrected chi connectivity index (χ0v) is 16.0. The topological polar surface area (TPSA) is 96.4 Å². The molecule has 0 radical (unpaired) electrons. The Morgan fingerprint density at radius 2 is 1.90 bits per heavy atom. The summed E-state index contributed by atoms with van der Waals surface area (Å²) in [5, 5.41) is 1.58. The Kier molecular flexibility index (Phi) is 4.64. The second-order valence-corrected chi connectivity index (χ2v) is 6.39. The lowest BCUT2D eigenvalue weighted by molar-refractivity contribution is 0.0529. The largest absolute Gasteiger partial charge is 0.497 e. The number of esters is 1. The van der Waals surface area contributed by atoms with Crippen molar-refractivity contribution < 1.29 is 14.3 Å². The summed E-state index contributed by atoms with van der Waals surface area (Å²) in [7, 11) is 1.54. The Labute approximate surface area is 166 Å². The quantitative estimate of drug-likeness (QED) is 0.538. The molecule has 7 heteroatoms. The number of carbonyl (C=O) groups excluding carboxylic acids is 1. The molecule has 146 valence electrons. The Morgan fingerprint density at radius 3 is 2.62 bits per heavy atom. The minimum Gasteiger partial charge on any atom is -0.497 e. The van der Waals surface area contributed by atoms with Crippen LogP contribution in [0.5, 0.6) is 5.75 Å². The second kappa shape index (κ2) is 7.27. The van der Waals surface area contributed by atoms with Crippen LogP contribution in [0.15, 0.2) is 59.5 Å². The van der Waals surface area contributed by atoms with Crippen LogP contribution in [0, 0.1) is 0 Å². The Morgan fingerprint density at radius 1 is 1.14 bits per heavy atom. The van der Waals surface area contributed by atoms with Gasteiger partial charge in [0.05, 0.1) is 24.9 Å². The van der Waals surface area contributed by atoms with Crippen molar-refractivity contribution in [2.75, 3.05) is 19.5 Å². The molecule has 2 aromatic carbocycles. The number of benzene rings is 2. The van der Waals surface area contributed by atoms with E-state index in [0.29, 0.717) is 27.7 Å². The Bertz CT molecular complexity index is 1310. The standard InChI is InChI=1S/C22H19N3O4/c1-3-29-22(27)18-15-8-4-5-9-16(15)21(26)25(20(18)23)17-12-14(28-2)11-13-7-6-10-24-19(13)17/h4-12H,3,23H2,1-2H3. The van der Waals surface area contributed by atoms with E-state index in [9.17, 15) is 9.59 Å². The molecule has 0 unspecified atom stereocenters. The highest BCUT2D eigenvalue weighted by atomic mass is 16.5. The molecule has 4 aromatic rings. The molecule has 0 aliphatic rings. The van der Waals surface area contributed by atoms with E-state index in [0.717, 1.165) is 5.39 Å². The average Bonchev–Trinajstić information content (AvgIpc) is 2.74. The summed E-state index contributed by atoms with van der Waals surface area (Å²) in [4.78, 5) is 30.5. The fraction of sp³-hybridized carbons (Fsp3) is 0.136. The predicted molar refractivity (Wildman–Crippen MR) is 112 cm³/mol. The molecule has 7 nitrogen and oxygen atoms in total. The van der Waals surface area contributed by atoms with E-state index in [1.807, 2.05) is 12.1 Å². The molecule has 0 saturated heterocycles. The van der Waals surface area contributed by atoms with Gasteiger partial charge >= 0.3 is 5.97 Å². The summed E-state index contributed by atoms with van der Waals surface area (Å²) < 4.78 is 11.9. The predicted octanol–water partition coefficient (Wildman–Crippen LogP) is 3.31. The summed E-state index contributed by atoms with van der Waals surface area (Å²) >= 11 is 0. The summed E-state index contributed by atoms with van der Waals surface area (Å²) in [6, 6.07) is 14.0. The Balaban J connectivity index is 2.17. The number of rotatable bonds is 4. The van der Waals surface area contributed by atoms with Crippen LogP contribution in [0.1, 0.15) is 17.3 Å². The molecule has 0 aliphatic carbocycles. The van der Waals surface area contributed by atoms with E-state index in [4.69, 9.17) is 15.2 Å². The summed E-state index contributed by atoms with van der Waals surface area (Å²) in [5.41, 5.74) is 7.17. The van der Waals surface area contributed by atoms with Crippen molar-refractivity contribution in [3.8, 4) is 11.4 Å². The maximum Gasteiger partial charge on any atom is 0.342 e. The van der Waals surface area contributed by atoms with Crippen LogP contribution in [0.2, 0.25) is 0 Å². The number of ether oxygens (including phenoxy) is 2. The van der Waals surface area contributed by atoms with E-state index in [-0.39, 0.29) is 23.5 Å². The van der Waals surface area contributed by atoms with Gasteiger partial charge in [0.15, 0.2) is 0 Å². The molecule has 29 heavy (non-hydrogen) atoms. The lowest BCUT2D eigenvalue weighted by Gasteiger charge is -2.17. The molecule has 2 heterocycles. The van der Waals surface area contributed by atoms with Gasteiger partial charge in [0.2, 0.25) is 0 Å². The number of hydrogen-bond acceptors (Lipinski definition) is 6. The van der Waals surface area contributed by atoms with Crippen LogP contribution in [0.4, 0.5) is 5.82 Å². The number of fused-ring (bicyclic) bond motifs is 2. The molecule has 0 amide bonds. The first-order valence-corrected chi connectivity index (χ1v) is 9.10. The number of nitrogen functional groups attached to an aromatic ring is 1. The van der Waals surface area contributed by atoms with Crippen LogP contribution in [0.25, 0.3) is 27.4 Å². The van der Waals surface area contributed by atoms with Gasteiger partial charge < -0.3 is 15.2 Å². The van der Waals surface area contributed by atoms with E-state index in [1.165, 1.54) is 11.7 Å². The molecule has 0 saturated carbocycles. The van der Waals surface area contributed by atoms with Gasteiger partial charge in [0.1, 0.15) is 17.1 Å². The molecule has 2 N–H and O–H groups in total. The van der Waals surface area contributed by atoms with E-state index in [2.05, 4.69) is 4.98 Å². The molecule has 0 aliphatic heterocycles. The highest BCUT2D eigenvalue weighted by Gasteiger charge is 2.23. The maximum absolute atomic E-state index is 13.4. The maximum atomic E-state index is 13.4. The van der Waals surface area contributed by atoms with Crippen molar-refractivity contribution >= 4 is 33.5 Å². The van der Waals surface area contributed by atoms with Gasteiger partial charge in [-0.2, -0.15) is 0 Å². The number of carbonyl (C=O) groups is 1. The molecule has 4 rings (SSSR count). The average molecular weight is 389 g/mol. The van der Waals surface area contributed by atoms with Crippen LogP contribution < -0.4 is 16.0 Å². The zero-order valence-electron chi connectivity index (χ0n) is 16.0. The number of nitrogens with zero attached hydrogens (tertiary/aromatic N) is 2. The number of methoxy groups -OCH3 is 1. The van der Waals surface area contributed by atoms with Crippen molar-refractivity contribution in [2.45, 2.75) is 6.92 Å². The molecule has 0 spiro atoms. The fourth-order valence-electron chi connectivity index (χ4n) is 3.46. The SMILES string of the molecule is CCOC(=O)c1c(N)n(-c2cc(OC)cc3cccnc23)c(=O)c2ccccc12. The second-order valence-electron chi connectivity index (χ2n) is 6.39. The molecule has 0 atom stereocenters. The highest BCUT2D eigenvalue weighted by molar-refractivity contribution is 6.08. The summed E-state index contributed by atoms with van der Waals surface area (Å²) in [6.45, 7) is 1.90. The van der Waals surface area contributed by atoms with Crippen LogP contribution >= 0.6 is 0 Å². The van der Waals surface area contributed by atoms with Crippen LogP contribution in [0.3, 0.4) is 0 Å². The van der Waals surface area contributed by atoms with Crippen molar-refractivity contribution in [1.82, 2.24) is 9.55 Å². The highest BCUT2D eigenvalue weighted by Crippen LogP contribution is 2.30. The molecule has 0 fully saturated rings. The number of nitrogens with two attached hydrogens (primary N) is 1. The number of anilines is 1. The van der Waals surface area contributed by atoms with E-state index >= 15 is 0 Å². The minimum absolute atomic E-state index is 0.00708. The normalized spacial score (nSPS) is 11.0. The lowest BCUT2D eigenvalue weighted by Crippen LogP contribution is -2.26. The van der Waals surface area contributed by atoms with E-state index < -0.39 is 5.97 Å². The lowest BCUT2D eigenvalue weighted by atomic mass is 10.1. The molecular formula is C22H19N3O4. The van der Waals surface area contributed by atoms with Gasteiger partial charge in [-0.3, -0.25) is 14.3 Å². The molecular weight excluding hydrogens is 370 g/mol. The van der Waals surface area contributed by atoms with Gasteiger partial charge in [-0.05, 0) is 25.1 Å². The third kappa shape index (κ3) is 2.97. The van der Waals surface area contributed by atoms with Crippen LogP contribution in [-0.4, -0.2) is 29.2 Å². The molecule has 0 bridgehead atoms. The van der Waals surface area contributed by atoms with Crippen molar-refractivity contribution in [3.05, 3.63) is 70.6 Å². The third-order valence-electron chi connectivity index (χ3n) is 4.74. The number of hydrogen-bond donors (Lipinski definition) is 1. The van der Waals surface area contributed by atoms with Gasteiger partial charge in [-0.15, -0.1) is 0 Å².